The van der Waals surface area contributed by atoms with E-state index in [1.165, 1.54) is 16.9 Å². The van der Waals surface area contributed by atoms with Crippen molar-refractivity contribution in [2.45, 2.75) is 24.5 Å². The van der Waals surface area contributed by atoms with Crippen LogP contribution in [0.25, 0.3) is 0 Å². The Morgan fingerprint density at radius 2 is 2.00 bits per heavy atom. The van der Waals surface area contributed by atoms with Crippen LogP contribution in [0.4, 0.5) is 5.13 Å². The fourth-order valence-corrected chi connectivity index (χ4v) is 5.44. The molecule has 2 aromatic heterocycles. The maximum atomic E-state index is 9.07. The summed E-state index contributed by atoms with van der Waals surface area (Å²) in [5.74, 6) is 2.37. The van der Waals surface area contributed by atoms with Gasteiger partial charge in [0.1, 0.15) is 0 Å². The fraction of sp³-hybridized carbons (Fsp3) is 0.370. The summed E-state index contributed by atoms with van der Waals surface area (Å²) in [6.07, 6.45) is 5.70. The molecule has 0 saturated carbocycles. The predicted octanol–water partition coefficient (Wildman–Crippen LogP) is 3.24. The van der Waals surface area contributed by atoms with E-state index in [-0.39, 0.29) is 11.9 Å². The number of nitrogens with one attached hydrogen (secondary N) is 2. The molecule has 0 spiro atoms. The average molecular weight is 565 g/mol. The molecule has 206 valence electrons. The maximum absolute atomic E-state index is 9.07. The van der Waals surface area contributed by atoms with Crippen molar-refractivity contribution in [1.82, 2.24) is 25.5 Å². The van der Waals surface area contributed by atoms with Gasteiger partial charge >= 0.3 is 0 Å². The molecule has 0 aliphatic rings. The summed E-state index contributed by atoms with van der Waals surface area (Å²) in [5, 5.41) is 17.4. The van der Waals surface area contributed by atoms with Crippen molar-refractivity contribution in [3.63, 3.8) is 0 Å². The first-order valence-corrected chi connectivity index (χ1v) is 14.8. The third-order valence-electron chi connectivity index (χ3n) is 5.74. The molecule has 0 aliphatic carbocycles. The first-order chi connectivity index (χ1) is 19.0. The minimum atomic E-state index is 0.00788. The van der Waals surface area contributed by atoms with Crippen LogP contribution in [0.1, 0.15) is 35.7 Å². The molecule has 1 atom stereocenters. The standard InChI is InChI=1S/C27H36N10S2/c1-37(16-11-23(21-8-3-2-4-9-21)24-10-5-6-12-31-24)15-7-13-32-26(34-20-28)33-14-17-38-18-22-19-39-27(35-22)36-25(29)30/h2-6,8-10,12,19,23H,7,11,13-18H2,1H3,(H2,32,33,34)(H4,29,30,35,36). The van der Waals surface area contributed by atoms with Gasteiger partial charge in [-0.3, -0.25) is 15.3 Å². The molecule has 2 heterocycles. The minimum Gasteiger partial charge on any atom is -0.370 e. The molecular weight excluding hydrogens is 529 g/mol. The number of aromatic nitrogens is 2. The van der Waals surface area contributed by atoms with Gasteiger partial charge in [0.25, 0.3) is 0 Å². The smallest absolute Gasteiger partial charge is 0.212 e. The van der Waals surface area contributed by atoms with Crippen molar-refractivity contribution in [3.05, 3.63) is 77.1 Å². The highest BCUT2D eigenvalue weighted by molar-refractivity contribution is 7.98. The first kappa shape index (κ1) is 29.9. The van der Waals surface area contributed by atoms with Crippen molar-refractivity contribution in [1.29, 1.82) is 5.26 Å². The van der Waals surface area contributed by atoms with Crippen LogP contribution in [0.2, 0.25) is 0 Å². The zero-order valence-corrected chi connectivity index (χ0v) is 23.8. The summed E-state index contributed by atoms with van der Waals surface area (Å²) >= 11 is 3.14. The Bertz CT molecular complexity index is 1160. The van der Waals surface area contributed by atoms with Crippen molar-refractivity contribution >= 4 is 40.1 Å². The van der Waals surface area contributed by atoms with Crippen LogP contribution in [0.3, 0.4) is 0 Å². The lowest BCUT2D eigenvalue weighted by atomic mass is 9.92. The number of hydrogen-bond acceptors (Lipinski definition) is 8. The summed E-state index contributed by atoms with van der Waals surface area (Å²) in [6, 6.07) is 16.7. The van der Waals surface area contributed by atoms with Gasteiger partial charge in [0.2, 0.25) is 11.1 Å². The number of guanidine groups is 2. The summed E-state index contributed by atoms with van der Waals surface area (Å²) < 4.78 is 0. The van der Waals surface area contributed by atoms with Gasteiger partial charge in [0.05, 0.1) is 5.69 Å². The number of pyridine rings is 1. The third kappa shape index (κ3) is 11.3. The normalized spacial score (nSPS) is 12.1. The van der Waals surface area contributed by atoms with Gasteiger partial charge < -0.3 is 21.7 Å². The molecule has 0 amide bonds. The van der Waals surface area contributed by atoms with E-state index >= 15 is 0 Å². The zero-order valence-electron chi connectivity index (χ0n) is 22.2. The molecular formula is C27H36N10S2. The van der Waals surface area contributed by atoms with Crippen LogP contribution in [0.15, 0.2) is 70.1 Å². The van der Waals surface area contributed by atoms with E-state index in [4.69, 9.17) is 16.7 Å². The second-order valence-corrected chi connectivity index (χ2v) is 10.7. The molecule has 0 saturated heterocycles. The van der Waals surface area contributed by atoms with Gasteiger partial charge in [0, 0.05) is 47.8 Å². The summed E-state index contributed by atoms with van der Waals surface area (Å²) in [6.45, 7) is 3.17. The Labute approximate surface area is 238 Å². The monoisotopic (exact) mass is 564 g/mol. The number of nitrogens with zero attached hydrogens (tertiary/aromatic N) is 6. The fourth-order valence-electron chi connectivity index (χ4n) is 3.88. The van der Waals surface area contributed by atoms with Crippen molar-refractivity contribution in [2.24, 2.45) is 21.5 Å². The van der Waals surface area contributed by atoms with Crippen LogP contribution < -0.4 is 22.1 Å². The molecule has 3 aromatic rings. The summed E-state index contributed by atoms with van der Waals surface area (Å²) in [7, 11) is 2.14. The van der Waals surface area contributed by atoms with Crippen LogP contribution in [-0.2, 0) is 5.75 Å². The van der Waals surface area contributed by atoms with Crippen molar-refractivity contribution < 1.29 is 0 Å². The SMILES string of the molecule is CN(CCCN=C(NC#N)NCCSCc1csc(N=C(N)N)n1)CCC(c1ccccc1)c1ccccn1. The van der Waals surface area contributed by atoms with E-state index in [2.05, 4.69) is 72.9 Å². The van der Waals surface area contributed by atoms with Crippen molar-refractivity contribution in [2.75, 3.05) is 39.0 Å². The van der Waals surface area contributed by atoms with Gasteiger partial charge in [-0.15, -0.1) is 11.3 Å². The first-order valence-electron chi connectivity index (χ1n) is 12.7. The molecule has 39 heavy (non-hydrogen) atoms. The van der Waals surface area contributed by atoms with Crippen LogP contribution in [-0.4, -0.2) is 65.8 Å². The zero-order chi connectivity index (χ0) is 27.7. The van der Waals surface area contributed by atoms with E-state index in [1.54, 1.807) is 11.8 Å². The molecule has 0 bridgehead atoms. The van der Waals surface area contributed by atoms with Gasteiger partial charge in [-0.25, -0.2) is 4.98 Å². The van der Waals surface area contributed by atoms with Crippen molar-refractivity contribution in [3.8, 4) is 6.19 Å². The lowest BCUT2D eigenvalue weighted by molar-refractivity contribution is 0.320. The number of nitrogens with two attached hydrogens (primary N) is 2. The van der Waals surface area contributed by atoms with Gasteiger partial charge in [-0.1, -0.05) is 36.4 Å². The Balaban J connectivity index is 1.36. The second-order valence-electron chi connectivity index (χ2n) is 8.77. The van der Waals surface area contributed by atoms with E-state index in [1.807, 2.05) is 36.0 Å². The lowest BCUT2D eigenvalue weighted by Gasteiger charge is -2.22. The molecule has 0 radical (unpaired) electrons. The highest BCUT2D eigenvalue weighted by Crippen LogP contribution is 2.26. The number of thiazole rings is 1. The molecule has 0 fully saturated rings. The molecule has 3 rings (SSSR count). The van der Waals surface area contributed by atoms with E-state index < -0.39 is 0 Å². The van der Waals surface area contributed by atoms with Crippen LogP contribution >= 0.6 is 23.1 Å². The van der Waals surface area contributed by atoms with Gasteiger partial charge in [-0.2, -0.15) is 22.0 Å². The summed E-state index contributed by atoms with van der Waals surface area (Å²) in [4.78, 5) is 19.8. The average Bonchev–Trinajstić information content (AvgIpc) is 3.38. The number of aliphatic imine (C=N–C) groups is 2. The van der Waals surface area contributed by atoms with Crippen LogP contribution in [0, 0.1) is 11.5 Å². The number of hydrogen-bond donors (Lipinski definition) is 4. The second kappa shape index (κ2) is 17.0. The topological polar surface area (TPSA) is 154 Å². The molecule has 12 heteroatoms. The predicted molar refractivity (Wildman–Crippen MR) is 162 cm³/mol. The largest absolute Gasteiger partial charge is 0.370 e. The number of rotatable bonds is 15. The quantitative estimate of drug-likeness (QED) is 0.0716. The highest BCUT2D eigenvalue weighted by Gasteiger charge is 2.16. The number of nitriles is 1. The number of benzene rings is 1. The molecule has 10 nitrogen and oxygen atoms in total. The number of thioether (sulfide) groups is 1. The molecule has 0 aliphatic heterocycles. The van der Waals surface area contributed by atoms with E-state index in [0.29, 0.717) is 24.2 Å². The van der Waals surface area contributed by atoms with Gasteiger partial charge in [-0.05, 0) is 50.7 Å². The van der Waals surface area contributed by atoms with E-state index in [0.717, 1.165) is 48.8 Å². The minimum absolute atomic E-state index is 0.00788. The Hall–Kier alpha value is -3.66. The van der Waals surface area contributed by atoms with Gasteiger partial charge in [0.15, 0.2) is 12.2 Å². The molecule has 1 aromatic carbocycles. The van der Waals surface area contributed by atoms with Crippen LogP contribution in [0.5, 0.6) is 0 Å². The molecule has 1 unspecified atom stereocenters. The Morgan fingerprint density at radius 1 is 1.18 bits per heavy atom. The third-order valence-corrected chi connectivity index (χ3v) is 7.52. The maximum Gasteiger partial charge on any atom is 0.212 e. The van der Waals surface area contributed by atoms with E-state index in [9.17, 15) is 0 Å². The Kier molecular flexibility index (Phi) is 13.1. The molecule has 6 N–H and O–H groups in total. The summed E-state index contributed by atoms with van der Waals surface area (Å²) in [5.41, 5.74) is 14.1. The highest BCUT2D eigenvalue weighted by atomic mass is 32.2. The Morgan fingerprint density at radius 3 is 2.74 bits per heavy atom. The lowest BCUT2D eigenvalue weighted by Crippen LogP contribution is -2.36.